The van der Waals surface area contributed by atoms with Gasteiger partial charge in [-0.3, -0.25) is 10.1 Å². The van der Waals surface area contributed by atoms with Crippen LogP contribution in [0.5, 0.6) is 0 Å². The van der Waals surface area contributed by atoms with Crippen molar-refractivity contribution in [3.63, 3.8) is 0 Å². The Kier molecular flexibility index (Phi) is 4.22. The van der Waals surface area contributed by atoms with E-state index in [4.69, 9.17) is 0 Å². The molecule has 1 aromatic heterocycles. The quantitative estimate of drug-likeness (QED) is 0.535. The standard InChI is InChI=1S/C17H14N6O2/c1-11(2)12-3-5-13(6-4-12)17-19-21-22(20-17)16-8-7-15(23(24)25)9-14(16)10-18/h3-9,11H,1-2H3. The van der Waals surface area contributed by atoms with E-state index in [9.17, 15) is 15.4 Å². The van der Waals surface area contributed by atoms with Crippen LogP contribution in [0, 0.1) is 21.4 Å². The fourth-order valence-corrected chi connectivity index (χ4v) is 2.35. The topological polar surface area (TPSA) is 111 Å². The summed E-state index contributed by atoms with van der Waals surface area (Å²) in [6.07, 6.45) is 0. The minimum atomic E-state index is -0.554. The Hall–Kier alpha value is -3.60. The van der Waals surface area contributed by atoms with Gasteiger partial charge in [0.1, 0.15) is 11.8 Å². The van der Waals surface area contributed by atoms with Crippen molar-refractivity contribution in [2.75, 3.05) is 0 Å². The van der Waals surface area contributed by atoms with Crippen LogP contribution in [0.4, 0.5) is 5.69 Å². The first-order valence-electron chi connectivity index (χ1n) is 7.59. The Labute approximate surface area is 143 Å². The van der Waals surface area contributed by atoms with Crippen LogP contribution in [-0.2, 0) is 0 Å². The zero-order valence-corrected chi connectivity index (χ0v) is 13.6. The highest BCUT2D eigenvalue weighted by Gasteiger charge is 2.15. The largest absolute Gasteiger partial charge is 0.270 e. The minimum Gasteiger partial charge on any atom is -0.258 e. The lowest BCUT2D eigenvalue weighted by atomic mass is 10.0. The predicted octanol–water partition coefficient (Wildman–Crippen LogP) is 3.23. The molecule has 25 heavy (non-hydrogen) atoms. The van der Waals surface area contributed by atoms with Crippen molar-refractivity contribution in [3.05, 3.63) is 63.7 Å². The van der Waals surface area contributed by atoms with Crippen molar-refractivity contribution in [2.24, 2.45) is 0 Å². The average Bonchev–Trinajstić information content (AvgIpc) is 3.11. The van der Waals surface area contributed by atoms with Crippen LogP contribution in [0.1, 0.15) is 30.9 Å². The van der Waals surface area contributed by atoms with Gasteiger partial charge in [0.15, 0.2) is 0 Å². The molecule has 0 spiro atoms. The van der Waals surface area contributed by atoms with Gasteiger partial charge in [0.25, 0.3) is 5.69 Å². The van der Waals surface area contributed by atoms with Gasteiger partial charge in [-0.25, -0.2) is 0 Å². The van der Waals surface area contributed by atoms with E-state index in [2.05, 4.69) is 29.3 Å². The fourth-order valence-electron chi connectivity index (χ4n) is 2.35. The molecule has 0 fully saturated rings. The normalized spacial score (nSPS) is 10.6. The molecule has 124 valence electrons. The van der Waals surface area contributed by atoms with Gasteiger partial charge in [-0.15, -0.1) is 15.0 Å². The number of benzene rings is 2. The molecule has 0 saturated carbocycles. The summed E-state index contributed by atoms with van der Waals surface area (Å²) in [4.78, 5) is 11.5. The van der Waals surface area contributed by atoms with E-state index >= 15 is 0 Å². The van der Waals surface area contributed by atoms with E-state index in [0.29, 0.717) is 17.4 Å². The molecule has 3 rings (SSSR count). The third-order valence-electron chi connectivity index (χ3n) is 3.78. The Balaban J connectivity index is 1.96. The number of hydrogen-bond donors (Lipinski definition) is 0. The molecule has 0 aliphatic carbocycles. The monoisotopic (exact) mass is 334 g/mol. The molecule has 0 amide bonds. The molecule has 0 atom stereocenters. The number of nitrogens with zero attached hydrogens (tertiary/aromatic N) is 6. The van der Waals surface area contributed by atoms with Crippen LogP contribution in [0.2, 0.25) is 0 Å². The third-order valence-corrected chi connectivity index (χ3v) is 3.78. The van der Waals surface area contributed by atoms with E-state index in [1.807, 2.05) is 30.3 Å². The second-order valence-electron chi connectivity index (χ2n) is 5.75. The van der Waals surface area contributed by atoms with E-state index < -0.39 is 4.92 Å². The van der Waals surface area contributed by atoms with Crippen LogP contribution >= 0.6 is 0 Å². The van der Waals surface area contributed by atoms with Crippen molar-refractivity contribution in [1.29, 1.82) is 5.26 Å². The van der Waals surface area contributed by atoms with Gasteiger partial charge < -0.3 is 0 Å². The minimum absolute atomic E-state index is 0.105. The van der Waals surface area contributed by atoms with Gasteiger partial charge in [0, 0.05) is 17.7 Å². The van der Waals surface area contributed by atoms with Crippen LogP contribution < -0.4 is 0 Å². The zero-order valence-electron chi connectivity index (χ0n) is 13.6. The maximum absolute atomic E-state index is 10.8. The summed E-state index contributed by atoms with van der Waals surface area (Å²) in [7, 11) is 0. The summed E-state index contributed by atoms with van der Waals surface area (Å²) in [6, 6.07) is 13.7. The van der Waals surface area contributed by atoms with Crippen molar-refractivity contribution in [2.45, 2.75) is 19.8 Å². The Bertz CT molecular complexity index is 970. The molecular weight excluding hydrogens is 320 g/mol. The lowest BCUT2D eigenvalue weighted by Gasteiger charge is -2.04. The van der Waals surface area contributed by atoms with Crippen molar-refractivity contribution < 1.29 is 4.92 Å². The fraction of sp³-hybridized carbons (Fsp3) is 0.176. The van der Waals surface area contributed by atoms with E-state index in [0.717, 1.165) is 5.56 Å². The maximum Gasteiger partial charge on any atom is 0.270 e. The highest BCUT2D eigenvalue weighted by Crippen LogP contribution is 2.22. The second kappa shape index (κ2) is 6.49. The summed E-state index contributed by atoms with van der Waals surface area (Å²) in [5.74, 6) is 0.841. The zero-order chi connectivity index (χ0) is 18.0. The molecule has 1 heterocycles. The van der Waals surface area contributed by atoms with Crippen molar-refractivity contribution in [3.8, 4) is 23.1 Å². The van der Waals surface area contributed by atoms with Gasteiger partial charge in [-0.1, -0.05) is 38.1 Å². The molecule has 8 nitrogen and oxygen atoms in total. The molecule has 0 N–H and O–H groups in total. The predicted molar refractivity (Wildman–Crippen MR) is 90.0 cm³/mol. The average molecular weight is 334 g/mol. The lowest BCUT2D eigenvalue weighted by Crippen LogP contribution is -2.03. The number of aromatic nitrogens is 4. The van der Waals surface area contributed by atoms with E-state index in [1.165, 1.54) is 28.6 Å². The Morgan fingerprint density at radius 2 is 1.92 bits per heavy atom. The summed E-state index contributed by atoms with van der Waals surface area (Å²) in [5, 5.41) is 32.3. The van der Waals surface area contributed by atoms with E-state index in [1.54, 1.807) is 0 Å². The highest BCUT2D eigenvalue weighted by atomic mass is 16.6. The smallest absolute Gasteiger partial charge is 0.258 e. The number of nitriles is 1. The van der Waals surface area contributed by atoms with Crippen LogP contribution in [-0.4, -0.2) is 25.1 Å². The first-order valence-corrected chi connectivity index (χ1v) is 7.59. The van der Waals surface area contributed by atoms with Crippen molar-refractivity contribution in [1.82, 2.24) is 20.2 Å². The van der Waals surface area contributed by atoms with Gasteiger partial charge in [-0.05, 0) is 22.8 Å². The molecule has 0 saturated heterocycles. The van der Waals surface area contributed by atoms with Crippen molar-refractivity contribution >= 4 is 5.69 Å². The summed E-state index contributed by atoms with van der Waals surface area (Å²) >= 11 is 0. The molecule has 2 aromatic carbocycles. The van der Waals surface area contributed by atoms with E-state index in [-0.39, 0.29) is 11.3 Å². The number of rotatable bonds is 4. The maximum atomic E-state index is 10.8. The number of tetrazole rings is 1. The number of hydrogen-bond acceptors (Lipinski definition) is 6. The third kappa shape index (κ3) is 3.21. The molecule has 3 aromatic rings. The Morgan fingerprint density at radius 1 is 1.20 bits per heavy atom. The lowest BCUT2D eigenvalue weighted by molar-refractivity contribution is -0.384. The molecule has 0 aliphatic heterocycles. The molecule has 0 radical (unpaired) electrons. The Morgan fingerprint density at radius 3 is 2.52 bits per heavy atom. The molecule has 0 aliphatic rings. The first kappa shape index (κ1) is 16.3. The van der Waals surface area contributed by atoms with Crippen LogP contribution in [0.15, 0.2) is 42.5 Å². The van der Waals surface area contributed by atoms with Crippen LogP contribution in [0.25, 0.3) is 17.1 Å². The first-order chi connectivity index (χ1) is 12.0. The van der Waals surface area contributed by atoms with Crippen LogP contribution in [0.3, 0.4) is 0 Å². The number of non-ortho nitro benzene ring substituents is 1. The molecule has 0 bridgehead atoms. The molecular formula is C17H14N6O2. The second-order valence-corrected chi connectivity index (χ2v) is 5.75. The number of nitro benzene ring substituents is 1. The number of nitro groups is 1. The molecule has 8 heteroatoms. The highest BCUT2D eigenvalue weighted by molar-refractivity contribution is 5.56. The van der Waals surface area contributed by atoms with Gasteiger partial charge in [-0.2, -0.15) is 5.26 Å². The molecule has 0 unspecified atom stereocenters. The van der Waals surface area contributed by atoms with Gasteiger partial charge in [0.2, 0.25) is 5.82 Å². The van der Waals surface area contributed by atoms with Gasteiger partial charge in [0.05, 0.1) is 10.5 Å². The summed E-state index contributed by atoms with van der Waals surface area (Å²) in [5.41, 5.74) is 2.29. The SMILES string of the molecule is CC(C)c1ccc(-c2nnn(-c3ccc([N+](=O)[O-])cc3C#N)n2)cc1. The van der Waals surface area contributed by atoms with Gasteiger partial charge >= 0.3 is 0 Å². The summed E-state index contributed by atoms with van der Waals surface area (Å²) in [6.45, 7) is 4.23. The summed E-state index contributed by atoms with van der Waals surface area (Å²) < 4.78 is 0.